The number of phenols is 1. The van der Waals surface area contributed by atoms with Crippen molar-refractivity contribution in [2.75, 3.05) is 26.3 Å². The Balaban J connectivity index is 1.53. The SMILES string of the molecule is O=NN(CCCCCCOCCCc1ccccc1)CC(O)c1ccc(O)c(CO)c1. The fraction of sp³-hybridized carbons (Fsp3) is 0.500. The van der Waals surface area contributed by atoms with Crippen LogP contribution in [-0.2, 0) is 17.8 Å². The van der Waals surface area contributed by atoms with Gasteiger partial charge in [0.15, 0.2) is 0 Å². The summed E-state index contributed by atoms with van der Waals surface area (Å²) in [5.41, 5.74) is 2.20. The molecule has 0 aromatic heterocycles. The molecule has 7 nitrogen and oxygen atoms in total. The van der Waals surface area contributed by atoms with Crippen molar-refractivity contribution in [2.45, 2.75) is 51.2 Å². The summed E-state index contributed by atoms with van der Waals surface area (Å²) in [5.74, 6) is -0.0241. The fourth-order valence-corrected chi connectivity index (χ4v) is 3.39. The van der Waals surface area contributed by atoms with Gasteiger partial charge in [-0.1, -0.05) is 49.2 Å². The maximum atomic E-state index is 11.1. The Labute approximate surface area is 184 Å². The first kappa shape index (κ1) is 24.8. The van der Waals surface area contributed by atoms with E-state index < -0.39 is 6.10 Å². The number of aliphatic hydroxyl groups is 2. The molecule has 0 saturated carbocycles. The number of hydrogen-bond donors (Lipinski definition) is 3. The van der Waals surface area contributed by atoms with Crippen molar-refractivity contribution in [3.05, 3.63) is 70.1 Å². The number of nitrogens with zero attached hydrogens (tertiary/aromatic N) is 2. The van der Waals surface area contributed by atoms with Crippen LogP contribution in [0.15, 0.2) is 53.8 Å². The minimum Gasteiger partial charge on any atom is -0.508 e. The van der Waals surface area contributed by atoms with Crippen molar-refractivity contribution in [1.82, 2.24) is 5.01 Å². The number of benzene rings is 2. The van der Waals surface area contributed by atoms with Gasteiger partial charge in [-0.25, -0.2) is 0 Å². The maximum absolute atomic E-state index is 11.1. The van der Waals surface area contributed by atoms with Crippen LogP contribution in [0.3, 0.4) is 0 Å². The van der Waals surface area contributed by atoms with E-state index in [1.807, 2.05) is 6.07 Å². The highest BCUT2D eigenvalue weighted by atomic mass is 16.5. The maximum Gasteiger partial charge on any atom is 0.121 e. The molecule has 0 aliphatic carbocycles. The van der Waals surface area contributed by atoms with Crippen LogP contribution in [-0.4, -0.2) is 46.6 Å². The number of aliphatic hydroxyl groups excluding tert-OH is 2. The van der Waals surface area contributed by atoms with E-state index in [0.29, 0.717) is 17.7 Å². The Morgan fingerprint density at radius 1 is 0.968 bits per heavy atom. The first-order valence-corrected chi connectivity index (χ1v) is 10.9. The predicted molar refractivity (Wildman–Crippen MR) is 120 cm³/mol. The van der Waals surface area contributed by atoms with Crippen molar-refractivity contribution in [2.24, 2.45) is 5.29 Å². The summed E-state index contributed by atoms with van der Waals surface area (Å²) in [6.45, 7) is 1.74. The molecule has 0 saturated heterocycles. The van der Waals surface area contributed by atoms with Gasteiger partial charge in [0.1, 0.15) is 5.75 Å². The van der Waals surface area contributed by atoms with Gasteiger partial charge in [-0.2, -0.15) is 0 Å². The fourth-order valence-electron chi connectivity index (χ4n) is 3.39. The number of ether oxygens (including phenoxy) is 1. The molecule has 1 atom stereocenters. The summed E-state index contributed by atoms with van der Waals surface area (Å²) in [6, 6.07) is 14.9. The monoisotopic (exact) mass is 430 g/mol. The Bertz CT molecular complexity index is 757. The summed E-state index contributed by atoms with van der Waals surface area (Å²) in [5, 5.41) is 33.5. The zero-order valence-electron chi connectivity index (χ0n) is 18.0. The quantitative estimate of drug-likeness (QED) is 0.210. The largest absolute Gasteiger partial charge is 0.508 e. The van der Waals surface area contributed by atoms with Crippen molar-refractivity contribution in [3.63, 3.8) is 0 Å². The average molecular weight is 431 g/mol. The second-order valence-electron chi connectivity index (χ2n) is 7.67. The highest BCUT2D eigenvalue weighted by Crippen LogP contribution is 2.23. The smallest absolute Gasteiger partial charge is 0.121 e. The van der Waals surface area contributed by atoms with Gasteiger partial charge in [0.2, 0.25) is 0 Å². The van der Waals surface area contributed by atoms with Crippen LogP contribution in [0.5, 0.6) is 5.75 Å². The number of rotatable bonds is 16. The molecule has 0 aliphatic heterocycles. The first-order valence-electron chi connectivity index (χ1n) is 10.9. The van der Waals surface area contributed by atoms with Crippen molar-refractivity contribution in [1.29, 1.82) is 0 Å². The second kappa shape index (κ2) is 14.5. The van der Waals surface area contributed by atoms with Crippen LogP contribution in [0, 0.1) is 4.91 Å². The molecule has 170 valence electrons. The van der Waals surface area contributed by atoms with Gasteiger partial charge in [0.25, 0.3) is 0 Å². The van der Waals surface area contributed by atoms with Crippen LogP contribution in [0.25, 0.3) is 0 Å². The normalized spacial score (nSPS) is 11.9. The lowest BCUT2D eigenvalue weighted by molar-refractivity contribution is 0.111. The number of nitroso groups, excluding NO2 is 1. The summed E-state index contributed by atoms with van der Waals surface area (Å²) >= 11 is 0. The standard InChI is InChI=1S/C24H34N2O5/c27-19-22-17-21(12-13-23(22)28)24(29)18-26(25-30)14-6-1-2-7-15-31-16-8-11-20-9-4-3-5-10-20/h3-5,9-10,12-13,17,24,27-29H,1-2,6-8,11,14-16,18-19H2. The van der Waals surface area contributed by atoms with Gasteiger partial charge in [-0.3, -0.25) is 5.01 Å². The third-order valence-electron chi connectivity index (χ3n) is 5.21. The second-order valence-corrected chi connectivity index (χ2v) is 7.67. The molecular weight excluding hydrogens is 396 g/mol. The van der Waals surface area contributed by atoms with E-state index in [1.165, 1.54) is 22.7 Å². The summed E-state index contributed by atoms with van der Waals surface area (Å²) in [7, 11) is 0. The number of unbranched alkanes of at least 4 members (excludes halogenated alkanes) is 3. The van der Waals surface area contributed by atoms with E-state index in [2.05, 4.69) is 29.6 Å². The topological polar surface area (TPSA) is 103 Å². The lowest BCUT2D eigenvalue weighted by Gasteiger charge is -2.20. The van der Waals surface area contributed by atoms with Gasteiger partial charge in [0.05, 0.1) is 24.5 Å². The van der Waals surface area contributed by atoms with Crippen LogP contribution < -0.4 is 0 Å². The third-order valence-corrected chi connectivity index (χ3v) is 5.21. The number of hydrogen-bond acceptors (Lipinski definition) is 6. The summed E-state index contributed by atoms with van der Waals surface area (Å²) < 4.78 is 5.69. The molecule has 2 aromatic rings. The molecule has 0 bridgehead atoms. The van der Waals surface area contributed by atoms with E-state index in [1.54, 1.807) is 6.07 Å². The highest BCUT2D eigenvalue weighted by Gasteiger charge is 2.15. The van der Waals surface area contributed by atoms with Crippen molar-refractivity contribution in [3.8, 4) is 5.75 Å². The number of aryl methyl sites for hydroxylation is 1. The van der Waals surface area contributed by atoms with E-state index in [4.69, 9.17) is 4.74 Å². The molecule has 3 N–H and O–H groups in total. The van der Waals surface area contributed by atoms with E-state index in [0.717, 1.165) is 51.7 Å². The lowest BCUT2D eigenvalue weighted by atomic mass is 10.1. The van der Waals surface area contributed by atoms with Crippen LogP contribution in [0.2, 0.25) is 0 Å². The van der Waals surface area contributed by atoms with E-state index in [9.17, 15) is 20.2 Å². The van der Waals surface area contributed by atoms with Crippen molar-refractivity contribution >= 4 is 0 Å². The number of aromatic hydroxyl groups is 1. The molecule has 1 unspecified atom stereocenters. The Morgan fingerprint density at radius 2 is 1.71 bits per heavy atom. The zero-order valence-corrected chi connectivity index (χ0v) is 18.0. The average Bonchev–Trinajstić information content (AvgIpc) is 2.80. The third kappa shape index (κ3) is 9.46. The molecule has 0 aliphatic rings. The van der Waals surface area contributed by atoms with Crippen LogP contribution in [0.4, 0.5) is 0 Å². The molecule has 2 rings (SSSR count). The molecule has 0 amide bonds. The first-order chi connectivity index (χ1) is 15.1. The van der Waals surface area contributed by atoms with Gasteiger partial charge in [-0.15, -0.1) is 4.91 Å². The van der Waals surface area contributed by atoms with Crippen LogP contribution in [0.1, 0.15) is 54.9 Å². The molecule has 0 heterocycles. The van der Waals surface area contributed by atoms with Gasteiger partial charge >= 0.3 is 0 Å². The molecule has 2 aromatic carbocycles. The Hall–Kier alpha value is -2.48. The predicted octanol–water partition coefficient (Wildman–Crippen LogP) is 4.11. The summed E-state index contributed by atoms with van der Waals surface area (Å²) in [4.78, 5) is 11.1. The van der Waals surface area contributed by atoms with Gasteiger partial charge in [0, 0.05) is 25.3 Å². The Kier molecular flexibility index (Phi) is 11.6. The van der Waals surface area contributed by atoms with E-state index in [-0.39, 0.29) is 18.9 Å². The molecule has 7 heteroatoms. The molecular formula is C24H34N2O5. The van der Waals surface area contributed by atoms with Gasteiger partial charge < -0.3 is 20.1 Å². The lowest BCUT2D eigenvalue weighted by Crippen LogP contribution is -2.24. The van der Waals surface area contributed by atoms with Crippen LogP contribution >= 0.6 is 0 Å². The molecule has 0 spiro atoms. The van der Waals surface area contributed by atoms with Gasteiger partial charge in [-0.05, 0) is 48.9 Å². The van der Waals surface area contributed by atoms with Crippen molar-refractivity contribution < 1.29 is 20.1 Å². The zero-order chi connectivity index (χ0) is 22.3. The van der Waals surface area contributed by atoms with E-state index >= 15 is 0 Å². The Morgan fingerprint density at radius 3 is 2.45 bits per heavy atom. The minimum absolute atomic E-state index is 0.0241. The highest BCUT2D eigenvalue weighted by molar-refractivity contribution is 5.36. The molecule has 0 fully saturated rings. The minimum atomic E-state index is -0.923. The summed E-state index contributed by atoms with van der Waals surface area (Å²) in [6.07, 6.45) is 4.91. The molecule has 31 heavy (non-hydrogen) atoms. The molecule has 0 radical (unpaired) electrons.